The van der Waals surface area contributed by atoms with E-state index in [1.807, 2.05) is 36.4 Å². The van der Waals surface area contributed by atoms with Gasteiger partial charge in [0.2, 0.25) is 10.0 Å². The number of hydrogen-bond acceptors (Lipinski definition) is 7. The first-order chi connectivity index (χ1) is 16.4. The van der Waals surface area contributed by atoms with Gasteiger partial charge in [0.25, 0.3) is 5.69 Å². The average molecular weight is 487 g/mol. The maximum atomic E-state index is 12.9. The summed E-state index contributed by atoms with van der Waals surface area (Å²) >= 11 is 0. The molecular weight excluding hydrogens is 456 g/mol. The SMILES string of the molecule is CCCCC/C(C=NNc1ccc(S(=O)(=O)N2CCOCC2)cc1[N+](=O)[O-])=C\c1ccccc1. The van der Waals surface area contributed by atoms with Crippen LogP contribution >= 0.6 is 0 Å². The fourth-order valence-corrected chi connectivity index (χ4v) is 4.98. The molecule has 2 aromatic carbocycles. The molecule has 1 aliphatic heterocycles. The summed E-state index contributed by atoms with van der Waals surface area (Å²) < 4.78 is 32.2. The highest BCUT2D eigenvalue weighted by atomic mass is 32.2. The van der Waals surface area contributed by atoms with Crippen LogP contribution in [0, 0.1) is 10.1 Å². The molecule has 10 heteroatoms. The fraction of sp³-hybridized carbons (Fsp3) is 0.375. The van der Waals surface area contributed by atoms with Gasteiger partial charge in [0.15, 0.2) is 0 Å². The molecule has 1 fully saturated rings. The number of hydrogen-bond donors (Lipinski definition) is 1. The Bertz CT molecular complexity index is 1130. The molecule has 0 aliphatic carbocycles. The van der Waals surface area contributed by atoms with Crippen LogP contribution in [0.1, 0.15) is 38.2 Å². The Labute approximate surface area is 200 Å². The molecule has 0 spiro atoms. The van der Waals surface area contributed by atoms with E-state index < -0.39 is 14.9 Å². The first-order valence-electron chi connectivity index (χ1n) is 11.3. The fourth-order valence-electron chi connectivity index (χ4n) is 3.55. The predicted octanol–water partition coefficient (Wildman–Crippen LogP) is 4.68. The van der Waals surface area contributed by atoms with Crippen molar-refractivity contribution in [2.24, 2.45) is 5.10 Å². The van der Waals surface area contributed by atoms with Gasteiger partial charge in [-0.05, 0) is 36.1 Å². The van der Waals surface area contributed by atoms with Crippen LogP contribution in [0.25, 0.3) is 6.08 Å². The molecule has 1 saturated heterocycles. The highest BCUT2D eigenvalue weighted by molar-refractivity contribution is 7.89. The highest BCUT2D eigenvalue weighted by Crippen LogP contribution is 2.29. The number of rotatable bonds is 11. The quantitative estimate of drug-likeness (QED) is 0.214. The zero-order valence-electron chi connectivity index (χ0n) is 19.2. The van der Waals surface area contributed by atoms with E-state index in [0.717, 1.165) is 42.9 Å². The average Bonchev–Trinajstić information content (AvgIpc) is 2.85. The number of anilines is 1. The molecule has 0 unspecified atom stereocenters. The molecule has 0 amide bonds. The second kappa shape index (κ2) is 12.4. The molecule has 1 heterocycles. The van der Waals surface area contributed by atoms with Gasteiger partial charge in [-0.25, -0.2) is 8.42 Å². The Hall–Kier alpha value is -3.08. The predicted molar refractivity (Wildman–Crippen MR) is 133 cm³/mol. The maximum Gasteiger partial charge on any atom is 0.295 e. The van der Waals surface area contributed by atoms with E-state index in [1.165, 1.54) is 16.4 Å². The minimum atomic E-state index is -3.84. The molecule has 0 saturated carbocycles. The van der Waals surface area contributed by atoms with Crippen molar-refractivity contribution in [2.75, 3.05) is 31.7 Å². The molecule has 0 atom stereocenters. The lowest BCUT2D eigenvalue weighted by Gasteiger charge is -2.26. The van der Waals surface area contributed by atoms with E-state index in [9.17, 15) is 18.5 Å². The standard InChI is InChI=1S/C24H30N4O5S/c1-2-3-5-10-21(17-20-8-6-4-7-9-20)19-25-26-23-12-11-22(18-24(23)28(29)30)34(31,32)27-13-15-33-16-14-27/h4,6-9,11-12,17-19,26H,2-3,5,10,13-16H2,1H3/b21-17+,25-19?. The van der Waals surface area contributed by atoms with Gasteiger partial charge >= 0.3 is 0 Å². The van der Waals surface area contributed by atoms with Crippen LogP contribution in [0.3, 0.4) is 0 Å². The number of ether oxygens (including phenoxy) is 1. The monoisotopic (exact) mass is 486 g/mol. The van der Waals surface area contributed by atoms with E-state index >= 15 is 0 Å². The molecule has 3 rings (SSSR count). The highest BCUT2D eigenvalue weighted by Gasteiger charge is 2.28. The Kier molecular flexibility index (Phi) is 9.32. The molecule has 0 bridgehead atoms. The number of benzene rings is 2. The van der Waals surface area contributed by atoms with Crippen LogP contribution in [0.4, 0.5) is 11.4 Å². The number of nitro benzene ring substituents is 1. The summed E-state index contributed by atoms with van der Waals surface area (Å²) in [7, 11) is -3.84. The first-order valence-corrected chi connectivity index (χ1v) is 12.8. The van der Waals surface area contributed by atoms with Gasteiger partial charge in [0.05, 0.1) is 29.2 Å². The smallest absolute Gasteiger partial charge is 0.295 e. The summed E-state index contributed by atoms with van der Waals surface area (Å²) in [6.07, 6.45) is 7.72. The molecule has 182 valence electrons. The lowest BCUT2D eigenvalue weighted by atomic mass is 10.1. The maximum absolute atomic E-state index is 12.9. The van der Waals surface area contributed by atoms with Gasteiger partial charge in [-0.2, -0.15) is 9.41 Å². The number of nitrogens with zero attached hydrogens (tertiary/aromatic N) is 3. The number of nitro groups is 1. The third kappa shape index (κ3) is 6.96. The zero-order chi connectivity index (χ0) is 24.4. The summed E-state index contributed by atoms with van der Waals surface area (Å²) in [5.41, 5.74) is 4.52. The van der Waals surface area contributed by atoms with E-state index in [-0.39, 0.29) is 29.4 Å². The Morgan fingerprint density at radius 2 is 1.91 bits per heavy atom. The van der Waals surface area contributed by atoms with Crippen molar-refractivity contribution in [3.8, 4) is 0 Å². The number of unbranched alkanes of at least 4 members (excludes halogenated alkanes) is 2. The van der Waals surface area contributed by atoms with Crippen molar-refractivity contribution in [3.63, 3.8) is 0 Å². The van der Waals surface area contributed by atoms with E-state index in [1.54, 1.807) is 6.21 Å². The van der Waals surface area contributed by atoms with Crippen molar-refractivity contribution in [2.45, 2.75) is 37.5 Å². The third-order valence-corrected chi connectivity index (χ3v) is 7.30. The zero-order valence-corrected chi connectivity index (χ0v) is 20.0. The summed E-state index contributed by atoms with van der Waals surface area (Å²) in [6.45, 7) is 3.17. The molecule has 1 aliphatic rings. The normalized spacial score (nSPS) is 15.5. The molecule has 9 nitrogen and oxygen atoms in total. The van der Waals surface area contributed by atoms with Crippen LogP contribution in [0.5, 0.6) is 0 Å². The number of hydrazone groups is 1. The molecule has 0 aromatic heterocycles. The summed E-state index contributed by atoms with van der Waals surface area (Å²) in [4.78, 5) is 10.9. The van der Waals surface area contributed by atoms with Crippen molar-refractivity contribution in [1.82, 2.24) is 4.31 Å². The van der Waals surface area contributed by atoms with Crippen LogP contribution in [0.2, 0.25) is 0 Å². The van der Waals surface area contributed by atoms with Gasteiger partial charge in [-0.3, -0.25) is 15.5 Å². The minimum absolute atomic E-state index is 0.120. The van der Waals surface area contributed by atoms with Crippen LogP contribution in [-0.2, 0) is 14.8 Å². The third-order valence-electron chi connectivity index (χ3n) is 5.41. The topological polar surface area (TPSA) is 114 Å². The summed E-state index contributed by atoms with van der Waals surface area (Å²) in [5, 5.41) is 15.9. The van der Waals surface area contributed by atoms with E-state index in [2.05, 4.69) is 17.5 Å². The van der Waals surface area contributed by atoms with E-state index in [0.29, 0.717) is 13.2 Å². The number of morpholine rings is 1. The molecule has 0 radical (unpaired) electrons. The number of allylic oxidation sites excluding steroid dienone is 1. The molecular formula is C24H30N4O5S. The molecule has 2 aromatic rings. The van der Waals surface area contributed by atoms with Gasteiger partial charge in [0.1, 0.15) is 5.69 Å². The summed E-state index contributed by atoms with van der Waals surface area (Å²) in [6, 6.07) is 13.7. The first kappa shape index (κ1) is 25.5. The Morgan fingerprint density at radius 3 is 2.59 bits per heavy atom. The molecule has 34 heavy (non-hydrogen) atoms. The van der Waals surface area contributed by atoms with Gasteiger partial charge in [0, 0.05) is 19.2 Å². The Morgan fingerprint density at radius 1 is 1.18 bits per heavy atom. The lowest BCUT2D eigenvalue weighted by Crippen LogP contribution is -2.40. The van der Waals surface area contributed by atoms with Gasteiger partial charge < -0.3 is 4.74 Å². The Balaban J connectivity index is 1.80. The lowest BCUT2D eigenvalue weighted by molar-refractivity contribution is -0.384. The van der Waals surface area contributed by atoms with Crippen molar-refractivity contribution in [1.29, 1.82) is 0 Å². The summed E-state index contributed by atoms with van der Waals surface area (Å²) in [5.74, 6) is 0. The second-order valence-electron chi connectivity index (χ2n) is 7.91. The largest absolute Gasteiger partial charge is 0.379 e. The van der Waals surface area contributed by atoms with Gasteiger partial charge in [-0.15, -0.1) is 0 Å². The van der Waals surface area contributed by atoms with Gasteiger partial charge in [-0.1, -0.05) is 56.2 Å². The van der Waals surface area contributed by atoms with Crippen molar-refractivity contribution >= 4 is 33.7 Å². The molecule has 1 N–H and O–H groups in total. The van der Waals surface area contributed by atoms with Crippen LogP contribution in [-0.4, -0.2) is 50.2 Å². The van der Waals surface area contributed by atoms with E-state index in [4.69, 9.17) is 4.74 Å². The van der Waals surface area contributed by atoms with Crippen LogP contribution < -0.4 is 5.43 Å². The minimum Gasteiger partial charge on any atom is -0.379 e. The van der Waals surface area contributed by atoms with Crippen molar-refractivity contribution < 1.29 is 18.1 Å². The van der Waals surface area contributed by atoms with Crippen molar-refractivity contribution in [3.05, 3.63) is 69.8 Å². The number of nitrogens with one attached hydrogen (secondary N) is 1. The number of sulfonamides is 1. The van der Waals surface area contributed by atoms with Crippen LogP contribution in [0.15, 0.2) is 64.1 Å². The second-order valence-corrected chi connectivity index (χ2v) is 9.85.